The van der Waals surface area contributed by atoms with Crippen LogP contribution in [-0.4, -0.2) is 24.0 Å². The summed E-state index contributed by atoms with van der Waals surface area (Å²) in [5, 5.41) is 2.60. The van der Waals surface area contributed by atoms with Gasteiger partial charge < -0.3 is 11.1 Å². The summed E-state index contributed by atoms with van der Waals surface area (Å²) < 4.78 is 0. The predicted octanol–water partition coefficient (Wildman–Crippen LogP) is 1.40. The van der Waals surface area contributed by atoms with Crippen LogP contribution in [0.1, 0.15) is 12.5 Å². The summed E-state index contributed by atoms with van der Waals surface area (Å²) in [5.74, 6) is 0.109. The fourth-order valence-electron chi connectivity index (χ4n) is 1.26. The number of rotatable bonds is 5. The first-order valence-corrected chi connectivity index (χ1v) is 6.58. The zero-order valence-corrected chi connectivity index (χ0v) is 10.7. The Hall–Kier alpha value is -1.33. The van der Waals surface area contributed by atoms with Crippen LogP contribution in [0.4, 0.5) is 5.69 Å². The molecule has 1 amide bonds. The van der Waals surface area contributed by atoms with Crippen molar-refractivity contribution < 1.29 is 9.59 Å². The maximum Gasteiger partial charge on any atom is 0.248 e. The quantitative estimate of drug-likeness (QED) is 0.777. The number of benzene rings is 1. The second-order valence-electron chi connectivity index (χ2n) is 3.71. The summed E-state index contributed by atoms with van der Waals surface area (Å²) in [6, 6.07) is 6.38. The standard InChI is InChI=1S/C12H16N2O2S/c1-8(15)11(13)12(16)14-10-5-3-9(4-6-10)7-17-2/h3-6,11H,7,13H2,1-2H3,(H,14,16). The van der Waals surface area contributed by atoms with E-state index in [-0.39, 0.29) is 5.78 Å². The molecule has 0 aliphatic rings. The number of Topliss-reactive ketones (excluding diaryl/α,β-unsaturated/α-hetero) is 1. The number of carbonyl (C=O) groups excluding carboxylic acids is 2. The van der Waals surface area contributed by atoms with Crippen molar-refractivity contribution in [3.8, 4) is 0 Å². The molecule has 0 aromatic heterocycles. The Labute approximate surface area is 105 Å². The zero-order chi connectivity index (χ0) is 12.8. The molecule has 0 aliphatic heterocycles. The molecule has 0 saturated carbocycles. The lowest BCUT2D eigenvalue weighted by Gasteiger charge is -2.09. The molecule has 1 aromatic carbocycles. The summed E-state index contributed by atoms with van der Waals surface area (Å²) in [6.07, 6.45) is 2.03. The summed E-state index contributed by atoms with van der Waals surface area (Å²) in [7, 11) is 0. The van der Waals surface area contributed by atoms with Gasteiger partial charge >= 0.3 is 0 Å². The number of carbonyl (C=O) groups is 2. The van der Waals surface area contributed by atoms with Crippen molar-refractivity contribution in [1.29, 1.82) is 0 Å². The molecule has 1 unspecified atom stereocenters. The Morgan fingerprint density at radius 1 is 1.35 bits per heavy atom. The number of thioether (sulfide) groups is 1. The Morgan fingerprint density at radius 2 is 1.94 bits per heavy atom. The second kappa shape index (κ2) is 6.42. The lowest BCUT2D eigenvalue weighted by Crippen LogP contribution is -2.41. The van der Waals surface area contributed by atoms with Gasteiger partial charge in [0.15, 0.2) is 5.78 Å². The van der Waals surface area contributed by atoms with E-state index in [0.29, 0.717) is 5.69 Å². The molecule has 5 heteroatoms. The second-order valence-corrected chi connectivity index (χ2v) is 4.57. The largest absolute Gasteiger partial charge is 0.324 e. The highest BCUT2D eigenvalue weighted by Gasteiger charge is 2.17. The van der Waals surface area contributed by atoms with E-state index in [1.165, 1.54) is 12.5 Å². The van der Waals surface area contributed by atoms with Gasteiger partial charge in [-0.2, -0.15) is 11.8 Å². The molecule has 0 spiro atoms. The van der Waals surface area contributed by atoms with E-state index in [1.54, 1.807) is 23.9 Å². The third-order valence-corrected chi connectivity index (χ3v) is 2.87. The lowest BCUT2D eigenvalue weighted by molar-refractivity contribution is -0.126. The van der Waals surface area contributed by atoms with Gasteiger partial charge in [-0.1, -0.05) is 12.1 Å². The van der Waals surface area contributed by atoms with E-state index in [1.807, 2.05) is 18.4 Å². The third kappa shape index (κ3) is 4.20. The number of hydrogen-bond acceptors (Lipinski definition) is 4. The van der Waals surface area contributed by atoms with Crippen molar-refractivity contribution in [3.05, 3.63) is 29.8 Å². The molecule has 4 nitrogen and oxygen atoms in total. The fraction of sp³-hybridized carbons (Fsp3) is 0.333. The van der Waals surface area contributed by atoms with Gasteiger partial charge in [0, 0.05) is 11.4 Å². The summed E-state index contributed by atoms with van der Waals surface area (Å²) in [5.41, 5.74) is 7.26. The molecule has 92 valence electrons. The van der Waals surface area contributed by atoms with E-state index in [4.69, 9.17) is 5.73 Å². The smallest absolute Gasteiger partial charge is 0.248 e. The Morgan fingerprint density at radius 3 is 2.41 bits per heavy atom. The molecule has 1 atom stereocenters. The van der Waals surface area contributed by atoms with Gasteiger partial charge in [0.2, 0.25) is 5.91 Å². The minimum atomic E-state index is -1.10. The van der Waals surface area contributed by atoms with Gasteiger partial charge in [0.05, 0.1) is 0 Å². The number of anilines is 1. The van der Waals surface area contributed by atoms with Crippen molar-refractivity contribution in [2.45, 2.75) is 18.7 Å². The van der Waals surface area contributed by atoms with E-state index >= 15 is 0 Å². The molecule has 0 heterocycles. The highest BCUT2D eigenvalue weighted by atomic mass is 32.2. The van der Waals surface area contributed by atoms with Crippen LogP contribution >= 0.6 is 11.8 Å². The van der Waals surface area contributed by atoms with Crippen LogP contribution in [-0.2, 0) is 15.3 Å². The SMILES string of the molecule is CSCc1ccc(NC(=O)C(N)C(C)=O)cc1. The fourth-order valence-corrected chi connectivity index (χ4v) is 1.78. The van der Waals surface area contributed by atoms with E-state index in [9.17, 15) is 9.59 Å². The topological polar surface area (TPSA) is 72.2 Å². The minimum Gasteiger partial charge on any atom is -0.324 e. The number of nitrogens with two attached hydrogens (primary N) is 1. The maximum absolute atomic E-state index is 11.5. The zero-order valence-electron chi connectivity index (χ0n) is 9.90. The molecule has 1 aromatic rings. The summed E-state index contributed by atoms with van der Waals surface area (Å²) >= 11 is 1.73. The molecule has 0 aliphatic carbocycles. The predicted molar refractivity (Wildman–Crippen MR) is 70.9 cm³/mol. The summed E-state index contributed by atoms with van der Waals surface area (Å²) in [6.45, 7) is 1.30. The van der Waals surface area contributed by atoms with Gasteiger partial charge in [-0.15, -0.1) is 0 Å². The van der Waals surface area contributed by atoms with Crippen LogP contribution in [0.3, 0.4) is 0 Å². The number of amides is 1. The molecular formula is C12H16N2O2S. The van der Waals surface area contributed by atoms with Crippen molar-refractivity contribution in [2.75, 3.05) is 11.6 Å². The summed E-state index contributed by atoms with van der Waals surface area (Å²) in [4.78, 5) is 22.4. The van der Waals surface area contributed by atoms with Crippen LogP contribution in [0.5, 0.6) is 0 Å². The Bertz CT molecular complexity index is 403. The van der Waals surface area contributed by atoms with Crippen molar-refractivity contribution >= 4 is 29.1 Å². The molecule has 3 N–H and O–H groups in total. The number of nitrogens with one attached hydrogen (secondary N) is 1. The highest BCUT2D eigenvalue weighted by Crippen LogP contribution is 2.13. The van der Waals surface area contributed by atoms with Crippen LogP contribution in [0.25, 0.3) is 0 Å². The normalized spacial score (nSPS) is 11.9. The highest BCUT2D eigenvalue weighted by molar-refractivity contribution is 7.97. The molecule has 17 heavy (non-hydrogen) atoms. The first kappa shape index (κ1) is 13.7. The van der Waals surface area contributed by atoms with Crippen molar-refractivity contribution in [3.63, 3.8) is 0 Å². The Balaban J connectivity index is 2.63. The number of hydrogen-bond donors (Lipinski definition) is 2. The van der Waals surface area contributed by atoms with E-state index < -0.39 is 11.9 Å². The molecule has 0 fully saturated rings. The molecule has 0 bridgehead atoms. The van der Waals surface area contributed by atoms with Gasteiger partial charge in [-0.05, 0) is 30.9 Å². The van der Waals surface area contributed by atoms with Crippen LogP contribution in [0, 0.1) is 0 Å². The van der Waals surface area contributed by atoms with Crippen LogP contribution in [0.2, 0.25) is 0 Å². The van der Waals surface area contributed by atoms with E-state index in [0.717, 1.165) is 5.75 Å². The maximum atomic E-state index is 11.5. The first-order chi connectivity index (χ1) is 8.04. The van der Waals surface area contributed by atoms with Gasteiger partial charge in [0.1, 0.15) is 6.04 Å². The molecule has 0 radical (unpaired) electrons. The molecular weight excluding hydrogens is 236 g/mol. The van der Waals surface area contributed by atoms with Crippen LogP contribution < -0.4 is 11.1 Å². The van der Waals surface area contributed by atoms with Gasteiger partial charge in [0.25, 0.3) is 0 Å². The lowest BCUT2D eigenvalue weighted by atomic mass is 10.2. The van der Waals surface area contributed by atoms with Gasteiger partial charge in [-0.25, -0.2) is 0 Å². The van der Waals surface area contributed by atoms with Gasteiger partial charge in [-0.3, -0.25) is 9.59 Å². The molecule has 0 saturated heterocycles. The minimum absolute atomic E-state index is 0.346. The van der Waals surface area contributed by atoms with Crippen molar-refractivity contribution in [1.82, 2.24) is 0 Å². The Kier molecular flexibility index (Phi) is 5.18. The average molecular weight is 252 g/mol. The third-order valence-electron chi connectivity index (χ3n) is 2.25. The van der Waals surface area contributed by atoms with Crippen LogP contribution in [0.15, 0.2) is 24.3 Å². The monoisotopic (exact) mass is 252 g/mol. The molecule has 1 rings (SSSR count). The number of ketones is 1. The average Bonchev–Trinajstić information content (AvgIpc) is 2.30. The first-order valence-electron chi connectivity index (χ1n) is 5.19. The van der Waals surface area contributed by atoms with E-state index in [2.05, 4.69) is 5.32 Å². The van der Waals surface area contributed by atoms with Crippen molar-refractivity contribution in [2.24, 2.45) is 5.73 Å².